The Labute approximate surface area is 153 Å². The fraction of sp³-hybridized carbons (Fsp3) is 0.136. The maximum Gasteiger partial charge on any atom is 0.255 e. The van der Waals surface area contributed by atoms with Gasteiger partial charge in [-0.15, -0.1) is 0 Å². The first-order chi connectivity index (χ1) is 12.6. The number of carbonyl (C=O) groups excluding carboxylic acids is 1. The molecule has 0 unspecified atom stereocenters. The standard InChI is InChI=1S/C22H21NO3/c1-15-13-20(25-2)21(26-3)14-19(15)23-22(24)18-11-9-17(10-12-18)16-7-5-4-6-8-16/h4-14H,1-3H3,(H,23,24). The molecule has 4 nitrogen and oxygen atoms in total. The molecule has 3 aromatic rings. The van der Waals surface area contributed by atoms with Gasteiger partial charge in [0.25, 0.3) is 5.91 Å². The summed E-state index contributed by atoms with van der Waals surface area (Å²) in [6, 6.07) is 21.2. The highest BCUT2D eigenvalue weighted by molar-refractivity contribution is 6.05. The molecule has 0 aliphatic heterocycles. The van der Waals surface area contributed by atoms with E-state index in [-0.39, 0.29) is 5.91 Å². The third-order valence-electron chi connectivity index (χ3n) is 4.23. The lowest BCUT2D eigenvalue weighted by molar-refractivity contribution is 0.102. The highest BCUT2D eigenvalue weighted by atomic mass is 16.5. The molecule has 132 valence electrons. The summed E-state index contributed by atoms with van der Waals surface area (Å²) in [7, 11) is 3.16. The zero-order valence-corrected chi connectivity index (χ0v) is 15.1. The number of hydrogen-bond donors (Lipinski definition) is 1. The zero-order valence-electron chi connectivity index (χ0n) is 15.1. The molecule has 3 rings (SSSR count). The van der Waals surface area contributed by atoms with Crippen LogP contribution in [0.25, 0.3) is 11.1 Å². The summed E-state index contributed by atoms with van der Waals surface area (Å²) in [4.78, 5) is 12.6. The molecule has 1 N–H and O–H groups in total. The van der Waals surface area contributed by atoms with Crippen molar-refractivity contribution >= 4 is 11.6 Å². The largest absolute Gasteiger partial charge is 0.493 e. The number of rotatable bonds is 5. The van der Waals surface area contributed by atoms with E-state index in [9.17, 15) is 4.79 Å². The van der Waals surface area contributed by atoms with E-state index in [1.165, 1.54) is 0 Å². The molecule has 0 aliphatic rings. The van der Waals surface area contributed by atoms with Crippen molar-refractivity contribution in [2.75, 3.05) is 19.5 Å². The Morgan fingerprint density at radius 1 is 0.808 bits per heavy atom. The van der Waals surface area contributed by atoms with Gasteiger partial charge in [0.05, 0.1) is 14.2 Å². The SMILES string of the molecule is COc1cc(C)c(NC(=O)c2ccc(-c3ccccc3)cc2)cc1OC. The van der Waals surface area contributed by atoms with Crippen LogP contribution < -0.4 is 14.8 Å². The van der Waals surface area contributed by atoms with Gasteiger partial charge in [0.2, 0.25) is 0 Å². The van der Waals surface area contributed by atoms with Crippen LogP contribution in [0, 0.1) is 6.92 Å². The summed E-state index contributed by atoms with van der Waals surface area (Å²) in [5.41, 5.74) is 4.38. The molecule has 0 fully saturated rings. The molecule has 26 heavy (non-hydrogen) atoms. The Balaban J connectivity index is 1.80. The predicted octanol–water partition coefficient (Wildman–Crippen LogP) is 4.93. The van der Waals surface area contributed by atoms with Crippen molar-refractivity contribution in [2.24, 2.45) is 0 Å². The molecule has 0 spiro atoms. The van der Waals surface area contributed by atoms with Crippen LogP contribution in [0.3, 0.4) is 0 Å². The third-order valence-corrected chi connectivity index (χ3v) is 4.23. The first-order valence-electron chi connectivity index (χ1n) is 8.32. The smallest absolute Gasteiger partial charge is 0.255 e. The van der Waals surface area contributed by atoms with Crippen molar-refractivity contribution in [2.45, 2.75) is 6.92 Å². The molecule has 0 heterocycles. The minimum atomic E-state index is -0.167. The minimum absolute atomic E-state index is 0.167. The van der Waals surface area contributed by atoms with Gasteiger partial charge in [-0.3, -0.25) is 4.79 Å². The molecule has 0 saturated heterocycles. The first kappa shape index (κ1) is 17.5. The van der Waals surface area contributed by atoms with Crippen LogP contribution in [0.2, 0.25) is 0 Å². The van der Waals surface area contributed by atoms with Gasteiger partial charge < -0.3 is 14.8 Å². The Hall–Kier alpha value is -3.27. The molecule has 0 aliphatic carbocycles. The lowest BCUT2D eigenvalue weighted by atomic mass is 10.0. The van der Waals surface area contributed by atoms with Gasteiger partial charge in [-0.05, 0) is 41.8 Å². The van der Waals surface area contributed by atoms with Crippen molar-refractivity contribution in [1.29, 1.82) is 0 Å². The second kappa shape index (κ2) is 7.74. The maximum atomic E-state index is 12.6. The molecule has 3 aromatic carbocycles. The van der Waals surface area contributed by atoms with E-state index in [1.54, 1.807) is 20.3 Å². The number of benzene rings is 3. The third kappa shape index (κ3) is 3.70. The van der Waals surface area contributed by atoms with Crippen molar-refractivity contribution in [3.63, 3.8) is 0 Å². The van der Waals surface area contributed by atoms with Crippen molar-refractivity contribution in [1.82, 2.24) is 0 Å². The summed E-state index contributed by atoms with van der Waals surface area (Å²) in [6.45, 7) is 1.91. The summed E-state index contributed by atoms with van der Waals surface area (Å²) in [5, 5.41) is 2.94. The van der Waals surface area contributed by atoms with Gasteiger partial charge in [0, 0.05) is 17.3 Å². The quantitative estimate of drug-likeness (QED) is 0.712. The van der Waals surface area contributed by atoms with Crippen LogP contribution in [0.1, 0.15) is 15.9 Å². The number of amides is 1. The molecule has 0 aromatic heterocycles. The predicted molar refractivity (Wildman–Crippen MR) is 104 cm³/mol. The van der Waals surface area contributed by atoms with E-state index in [1.807, 2.05) is 67.6 Å². The van der Waals surface area contributed by atoms with E-state index in [0.717, 1.165) is 16.7 Å². The number of aryl methyl sites for hydroxylation is 1. The van der Waals surface area contributed by atoms with E-state index < -0.39 is 0 Å². The normalized spacial score (nSPS) is 10.3. The topological polar surface area (TPSA) is 47.6 Å². The van der Waals surface area contributed by atoms with Gasteiger partial charge in [-0.25, -0.2) is 0 Å². The maximum absolute atomic E-state index is 12.6. The zero-order chi connectivity index (χ0) is 18.5. The monoisotopic (exact) mass is 347 g/mol. The fourth-order valence-corrected chi connectivity index (χ4v) is 2.75. The van der Waals surface area contributed by atoms with Gasteiger partial charge in [-0.2, -0.15) is 0 Å². The van der Waals surface area contributed by atoms with Crippen molar-refractivity contribution in [3.8, 4) is 22.6 Å². The Kier molecular flexibility index (Phi) is 5.23. The van der Waals surface area contributed by atoms with Crippen LogP contribution in [-0.4, -0.2) is 20.1 Å². The Bertz CT molecular complexity index is 903. The van der Waals surface area contributed by atoms with Gasteiger partial charge >= 0.3 is 0 Å². The average Bonchev–Trinajstić information content (AvgIpc) is 2.69. The molecule has 1 amide bonds. The molecule has 0 atom stereocenters. The number of methoxy groups -OCH3 is 2. The van der Waals surface area contributed by atoms with Crippen LogP contribution in [0.5, 0.6) is 11.5 Å². The second-order valence-electron chi connectivity index (χ2n) is 5.92. The summed E-state index contributed by atoms with van der Waals surface area (Å²) in [5.74, 6) is 1.04. The fourth-order valence-electron chi connectivity index (χ4n) is 2.75. The van der Waals surface area contributed by atoms with Crippen molar-refractivity contribution < 1.29 is 14.3 Å². The van der Waals surface area contributed by atoms with E-state index in [0.29, 0.717) is 22.7 Å². The van der Waals surface area contributed by atoms with Crippen LogP contribution in [-0.2, 0) is 0 Å². The Morgan fingerprint density at radius 3 is 2.00 bits per heavy atom. The molecule has 0 radical (unpaired) electrons. The summed E-state index contributed by atoms with van der Waals surface area (Å²) in [6.07, 6.45) is 0. The van der Waals surface area contributed by atoms with Gasteiger partial charge in [0.1, 0.15) is 0 Å². The number of anilines is 1. The van der Waals surface area contributed by atoms with E-state index in [2.05, 4.69) is 5.32 Å². The molecular weight excluding hydrogens is 326 g/mol. The lowest BCUT2D eigenvalue weighted by Gasteiger charge is -2.14. The summed E-state index contributed by atoms with van der Waals surface area (Å²) < 4.78 is 10.6. The molecule has 0 saturated carbocycles. The van der Waals surface area contributed by atoms with Crippen LogP contribution in [0.4, 0.5) is 5.69 Å². The van der Waals surface area contributed by atoms with Crippen molar-refractivity contribution in [3.05, 3.63) is 77.9 Å². The molecule has 0 bridgehead atoms. The number of nitrogens with one attached hydrogen (secondary N) is 1. The summed E-state index contributed by atoms with van der Waals surface area (Å²) >= 11 is 0. The number of ether oxygens (including phenoxy) is 2. The number of hydrogen-bond acceptors (Lipinski definition) is 3. The minimum Gasteiger partial charge on any atom is -0.493 e. The molecular formula is C22H21NO3. The first-order valence-corrected chi connectivity index (χ1v) is 8.32. The second-order valence-corrected chi connectivity index (χ2v) is 5.92. The van der Waals surface area contributed by atoms with Crippen LogP contribution >= 0.6 is 0 Å². The van der Waals surface area contributed by atoms with E-state index >= 15 is 0 Å². The van der Waals surface area contributed by atoms with Gasteiger partial charge in [0.15, 0.2) is 11.5 Å². The Morgan fingerprint density at radius 2 is 1.38 bits per heavy atom. The highest BCUT2D eigenvalue weighted by Crippen LogP contribution is 2.33. The number of carbonyl (C=O) groups is 1. The van der Waals surface area contributed by atoms with Crippen LogP contribution in [0.15, 0.2) is 66.7 Å². The van der Waals surface area contributed by atoms with Gasteiger partial charge in [-0.1, -0.05) is 42.5 Å². The molecule has 4 heteroatoms. The van der Waals surface area contributed by atoms with E-state index in [4.69, 9.17) is 9.47 Å². The average molecular weight is 347 g/mol. The lowest BCUT2D eigenvalue weighted by Crippen LogP contribution is -2.13. The highest BCUT2D eigenvalue weighted by Gasteiger charge is 2.12.